The zero-order chi connectivity index (χ0) is 14.5. The van der Waals surface area contributed by atoms with E-state index in [4.69, 9.17) is 5.84 Å². The number of hydrogen-bond donors (Lipinski definition) is 2. The van der Waals surface area contributed by atoms with E-state index in [1.54, 1.807) is 6.07 Å². The molecule has 0 aliphatic heterocycles. The summed E-state index contributed by atoms with van der Waals surface area (Å²) in [5, 5.41) is 0. The highest BCUT2D eigenvalue weighted by Crippen LogP contribution is 2.26. The summed E-state index contributed by atoms with van der Waals surface area (Å²) in [7, 11) is 0. The van der Waals surface area contributed by atoms with Crippen molar-refractivity contribution in [3.05, 3.63) is 69.4 Å². The Bertz CT molecular complexity index is 569. The third kappa shape index (κ3) is 3.45. The number of aryl methyl sites for hydroxylation is 1. The molecule has 0 aliphatic rings. The van der Waals surface area contributed by atoms with Crippen LogP contribution < -0.4 is 11.3 Å². The van der Waals surface area contributed by atoms with Crippen molar-refractivity contribution in [2.24, 2.45) is 5.84 Å². The van der Waals surface area contributed by atoms with E-state index in [1.807, 2.05) is 18.2 Å². The van der Waals surface area contributed by atoms with Gasteiger partial charge in [0.25, 0.3) is 0 Å². The van der Waals surface area contributed by atoms with Crippen molar-refractivity contribution in [1.82, 2.24) is 5.43 Å². The first kappa shape index (κ1) is 15.2. The lowest BCUT2D eigenvalue weighted by atomic mass is 9.97. The monoisotopic (exact) mass is 336 g/mol. The summed E-state index contributed by atoms with van der Waals surface area (Å²) in [6.07, 6.45) is 2.16. The molecule has 20 heavy (non-hydrogen) atoms. The van der Waals surface area contributed by atoms with Crippen LogP contribution in [0, 0.1) is 5.82 Å². The molecule has 4 heteroatoms. The van der Waals surface area contributed by atoms with E-state index in [0.29, 0.717) is 10.0 Å². The Labute approximate surface area is 127 Å². The predicted molar refractivity (Wildman–Crippen MR) is 83.7 cm³/mol. The lowest BCUT2D eigenvalue weighted by molar-refractivity contribution is 0.559. The fraction of sp³-hybridized carbons (Fsp3) is 0.250. The molecular weight excluding hydrogens is 319 g/mol. The van der Waals surface area contributed by atoms with Crippen molar-refractivity contribution in [3.63, 3.8) is 0 Å². The maximum atomic E-state index is 14.0. The minimum Gasteiger partial charge on any atom is -0.271 e. The van der Waals surface area contributed by atoms with Gasteiger partial charge in [-0.2, -0.15) is 0 Å². The molecule has 1 atom stereocenters. The minimum atomic E-state index is -0.348. The zero-order valence-corrected chi connectivity index (χ0v) is 13.0. The number of nitrogens with two attached hydrogens (primary N) is 1. The molecule has 0 aliphatic carbocycles. The smallest absolute Gasteiger partial charge is 0.129 e. The average Bonchev–Trinajstić information content (AvgIpc) is 2.44. The number of nitrogens with one attached hydrogen (secondary N) is 1. The highest BCUT2D eigenvalue weighted by molar-refractivity contribution is 9.10. The Balaban J connectivity index is 2.31. The van der Waals surface area contributed by atoms with Crippen LogP contribution in [0.1, 0.15) is 36.1 Å². The number of benzene rings is 2. The zero-order valence-electron chi connectivity index (χ0n) is 11.4. The first-order valence-electron chi connectivity index (χ1n) is 6.65. The standard InChI is InChI=1S/C16H18BrFN2/c1-2-3-11-4-6-12(7-5-11)16(20-19)14-9-8-13(17)10-15(14)18/h4-10,16,20H,2-3,19H2,1H3. The maximum absolute atomic E-state index is 14.0. The molecule has 0 spiro atoms. The Morgan fingerprint density at radius 3 is 2.45 bits per heavy atom. The van der Waals surface area contributed by atoms with Crippen LogP contribution in [-0.4, -0.2) is 0 Å². The molecule has 0 radical (unpaired) electrons. The van der Waals surface area contributed by atoms with Crippen LogP contribution >= 0.6 is 15.9 Å². The summed E-state index contributed by atoms with van der Waals surface area (Å²) < 4.78 is 14.8. The SMILES string of the molecule is CCCc1ccc(C(NN)c2ccc(Br)cc2F)cc1. The lowest BCUT2D eigenvalue weighted by Gasteiger charge is -2.18. The molecule has 2 rings (SSSR count). The van der Waals surface area contributed by atoms with Gasteiger partial charge in [-0.3, -0.25) is 5.84 Å². The van der Waals surface area contributed by atoms with Gasteiger partial charge in [-0.25, -0.2) is 9.82 Å². The van der Waals surface area contributed by atoms with Gasteiger partial charge in [0.05, 0.1) is 6.04 Å². The van der Waals surface area contributed by atoms with Crippen LogP contribution in [0.4, 0.5) is 4.39 Å². The van der Waals surface area contributed by atoms with Crippen LogP contribution in [0.25, 0.3) is 0 Å². The predicted octanol–water partition coefficient (Wildman–Crippen LogP) is 4.09. The number of hydrogen-bond acceptors (Lipinski definition) is 2. The van der Waals surface area contributed by atoms with Crippen molar-refractivity contribution < 1.29 is 4.39 Å². The van der Waals surface area contributed by atoms with E-state index in [-0.39, 0.29) is 11.9 Å². The molecule has 2 aromatic rings. The second-order valence-corrected chi connectivity index (χ2v) is 5.67. The van der Waals surface area contributed by atoms with Gasteiger partial charge in [0, 0.05) is 10.0 Å². The van der Waals surface area contributed by atoms with Crippen LogP contribution in [0.3, 0.4) is 0 Å². The highest BCUT2D eigenvalue weighted by atomic mass is 79.9. The molecule has 1 unspecified atom stereocenters. The van der Waals surface area contributed by atoms with Gasteiger partial charge in [-0.05, 0) is 29.7 Å². The van der Waals surface area contributed by atoms with Crippen molar-refractivity contribution in [2.75, 3.05) is 0 Å². The molecule has 0 heterocycles. The number of rotatable bonds is 5. The van der Waals surface area contributed by atoms with E-state index in [9.17, 15) is 4.39 Å². The molecule has 2 aromatic carbocycles. The van der Waals surface area contributed by atoms with Gasteiger partial charge >= 0.3 is 0 Å². The Morgan fingerprint density at radius 1 is 1.20 bits per heavy atom. The third-order valence-corrected chi connectivity index (χ3v) is 3.79. The minimum absolute atomic E-state index is 0.278. The molecule has 0 aromatic heterocycles. The Hall–Kier alpha value is -1.23. The molecule has 2 nitrogen and oxygen atoms in total. The van der Waals surface area contributed by atoms with Gasteiger partial charge in [0.1, 0.15) is 5.82 Å². The van der Waals surface area contributed by atoms with Crippen molar-refractivity contribution in [2.45, 2.75) is 25.8 Å². The molecule has 0 saturated heterocycles. The molecule has 3 N–H and O–H groups in total. The van der Waals surface area contributed by atoms with E-state index >= 15 is 0 Å². The molecule has 106 valence electrons. The first-order valence-corrected chi connectivity index (χ1v) is 7.45. The third-order valence-electron chi connectivity index (χ3n) is 3.29. The Kier molecular flexibility index (Phi) is 5.29. The van der Waals surface area contributed by atoms with Gasteiger partial charge in [0.15, 0.2) is 0 Å². The van der Waals surface area contributed by atoms with E-state index < -0.39 is 0 Å². The fourth-order valence-electron chi connectivity index (χ4n) is 2.27. The Morgan fingerprint density at radius 2 is 1.90 bits per heavy atom. The van der Waals surface area contributed by atoms with Gasteiger partial charge in [0.2, 0.25) is 0 Å². The second kappa shape index (κ2) is 6.97. The average molecular weight is 337 g/mol. The summed E-state index contributed by atoms with van der Waals surface area (Å²) >= 11 is 3.26. The van der Waals surface area contributed by atoms with Crippen LogP contribution in [-0.2, 0) is 6.42 Å². The normalized spacial score (nSPS) is 12.4. The van der Waals surface area contributed by atoms with Crippen LogP contribution in [0.5, 0.6) is 0 Å². The fourth-order valence-corrected chi connectivity index (χ4v) is 2.60. The first-order chi connectivity index (χ1) is 9.65. The van der Waals surface area contributed by atoms with Gasteiger partial charge in [-0.1, -0.05) is 59.6 Å². The van der Waals surface area contributed by atoms with Crippen LogP contribution in [0.2, 0.25) is 0 Å². The van der Waals surface area contributed by atoms with Crippen molar-refractivity contribution >= 4 is 15.9 Å². The summed E-state index contributed by atoms with van der Waals surface area (Å²) in [6.45, 7) is 2.15. The molecular formula is C16H18BrFN2. The van der Waals surface area contributed by atoms with E-state index in [1.165, 1.54) is 11.6 Å². The molecule has 0 bridgehead atoms. The summed E-state index contributed by atoms with van der Waals surface area (Å²) in [5.41, 5.74) is 5.46. The maximum Gasteiger partial charge on any atom is 0.129 e. The van der Waals surface area contributed by atoms with Crippen LogP contribution in [0.15, 0.2) is 46.9 Å². The van der Waals surface area contributed by atoms with Gasteiger partial charge in [-0.15, -0.1) is 0 Å². The van der Waals surface area contributed by atoms with E-state index in [0.717, 1.165) is 18.4 Å². The van der Waals surface area contributed by atoms with E-state index in [2.05, 4.69) is 40.4 Å². The number of hydrazine groups is 1. The van der Waals surface area contributed by atoms with Crippen molar-refractivity contribution in [1.29, 1.82) is 0 Å². The largest absolute Gasteiger partial charge is 0.271 e. The quantitative estimate of drug-likeness (QED) is 0.637. The summed E-state index contributed by atoms with van der Waals surface area (Å²) in [5.74, 6) is 5.33. The molecule has 0 amide bonds. The summed E-state index contributed by atoms with van der Waals surface area (Å²) in [6, 6.07) is 12.8. The summed E-state index contributed by atoms with van der Waals surface area (Å²) in [4.78, 5) is 0. The second-order valence-electron chi connectivity index (χ2n) is 4.76. The highest BCUT2D eigenvalue weighted by Gasteiger charge is 2.16. The topological polar surface area (TPSA) is 38.0 Å². The lowest BCUT2D eigenvalue weighted by Crippen LogP contribution is -2.29. The number of halogens is 2. The van der Waals surface area contributed by atoms with Gasteiger partial charge < -0.3 is 0 Å². The molecule has 0 fully saturated rings. The van der Waals surface area contributed by atoms with Crippen molar-refractivity contribution in [3.8, 4) is 0 Å². The molecule has 0 saturated carbocycles.